The first-order valence-corrected chi connectivity index (χ1v) is 7.50. The minimum absolute atomic E-state index is 0.621. The van der Waals surface area contributed by atoms with E-state index in [4.69, 9.17) is 0 Å². The average molecular weight is 253 g/mol. The van der Waals surface area contributed by atoms with Crippen molar-refractivity contribution in [3.63, 3.8) is 0 Å². The predicted octanol–water partition coefficient (Wildman–Crippen LogP) is 2.27. The number of rotatable bonds is 3. The van der Waals surface area contributed by atoms with E-state index in [0.717, 1.165) is 6.42 Å². The van der Waals surface area contributed by atoms with Crippen LogP contribution in [0.1, 0.15) is 20.3 Å². The Balaban J connectivity index is 1.78. The lowest BCUT2D eigenvalue weighted by molar-refractivity contribution is 0.252. The highest BCUT2D eigenvalue weighted by Crippen LogP contribution is 2.18. The fourth-order valence-corrected chi connectivity index (χ4v) is 3.36. The van der Waals surface area contributed by atoms with Crippen molar-refractivity contribution in [2.75, 3.05) is 31.9 Å². The third kappa shape index (κ3) is 4.12. The van der Waals surface area contributed by atoms with Gasteiger partial charge in [0.25, 0.3) is 0 Å². The molecule has 0 bridgehead atoms. The van der Waals surface area contributed by atoms with Crippen LogP contribution in [0.2, 0.25) is 0 Å². The van der Waals surface area contributed by atoms with Crippen molar-refractivity contribution >= 4 is 18.2 Å². The minimum Gasteiger partial charge on any atom is -0.301 e. The third-order valence-corrected chi connectivity index (χ3v) is 4.60. The molecule has 0 aliphatic carbocycles. The van der Waals surface area contributed by atoms with Crippen LogP contribution in [0, 0.1) is 5.92 Å². The molecule has 2 aliphatic rings. The molecule has 1 saturated heterocycles. The number of aliphatic imine (C=N–C) groups is 1. The molecule has 0 N–H and O–H groups in total. The van der Waals surface area contributed by atoms with E-state index in [1.54, 1.807) is 0 Å². The van der Waals surface area contributed by atoms with E-state index < -0.39 is 0 Å². The first kappa shape index (κ1) is 13.1. The van der Waals surface area contributed by atoms with E-state index >= 15 is 0 Å². The van der Waals surface area contributed by atoms with Crippen molar-refractivity contribution in [3.05, 3.63) is 12.3 Å². The Morgan fingerprint density at radius 3 is 2.94 bits per heavy atom. The van der Waals surface area contributed by atoms with E-state index in [1.165, 1.54) is 31.9 Å². The molecule has 3 nitrogen and oxygen atoms in total. The molecule has 0 spiro atoms. The molecular formula is C13H23N3S. The molecule has 0 aromatic heterocycles. The number of nitrogens with zero attached hydrogens (tertiary/aromatic N) is 3. The smallest absolute Gasteiger partial charge is 0.0224 e. The average Bonchev–Trinajstić information content (AvgIpc) is 2.56. The Kier molecular flexibility index (Phi) is 5.07. The Bertz CT molecular complexity index is 288. The summed E-state index contributed by atoms with van der Waals surface area (Å²) in [5, 5.41) is 0. The maximum absolute atomic E-state index is 4.24. The maximum atomic E-state index is 4.24. The molecule has 1 unspecified atom stereocenters. The van der Waals surface area contributed by atoms with Gasteiger partial charge in [0, 0.05) is 56.3 Å². The van der Waals surface area contributed by atoms with Gasteiger partial charge in [0.05, 0.1) is 0 Å². The molecule has 0 aromatic carbocycles. The Morgan fingerprint density at radius 1 is 1.35 bits per heavy atom. The number of allylic oxidation sites excluding steroid dienone is 1. The highest BCUT2D eigenvalue weighted by molar-refractivity contribution is 7.97. The van der Waals surface area contributed by atoms with Gasteiger partial charge >= 0.3 is 0 Å². The zero-order valence-electron chi connectivity index (χ0n) is 10.9. The van der Waals surface area contributed by atoms with Crippen LogP contribution < -0.4 is 0 Å². The summed E-state index contributed by atoms with van der Waals surface area (Å²) in [6, 6.07) is 0.652. The van der Waals surface area contributed by atoms with Crippen LogP contribution in [-0.4, -0.2) is 53.4 Å². The van der Waals surface area contributed by atoms with Crippen LogP contribution in [0.15, 0.2) is 17.3 Å². The van der Waals surface area contributed by atoms with Crippen molar-refractivity contribution in [1.29, 1.82) is 0 Å². The second-order valence-corrected chi connectivity index (χ2v) is 6.18. The summed E-state index contributed by atoms with van der Waals surface area (Å²) in [7, 11) is 0. The second kappa shape index (κ2) is 6.57. The lowest BCUT2D eigenvalue weighted by atomic mass is 10.1. The van der Waals surface area contributed by atoms with Gasteiger partial charge in [-0.3, -0.25) is 4.99 Å². The van der Waals surface area contributed by atoms with Gasteiger partial charge in [0.2, 0.25) is 0 Å². The first-order chi connectivity index (χ1) is 8.25. The summed E-state index contributed by atoms with van der Waals surface area (Å²) in [5.41, 5.74) is 0. The predicted molar refractivity (Wildman–Crippen MR) is 76.5 cm³/mol. The molecule has 0 aromatic rings. The van der Waals surface area contributed by atoms with E-state index in [2.05, 4.69) is 40.3 Å². The molecule has 96 valence electrons. The Morgan fingerprint density at radius 2 is 2.24 bits per heavy atom. The largest absolute Gasteiger partial charge is 0.301 e. The van der Waals surface area contributed by atoms with Crippen LogP contribution in [0.4, 0.5) is 0 Å². The molecular weight excluding hydrogens is 230 g/mol. The van der Waals surface area contributed by atoms with Gasteiger partial charge in [-0.15, -0.1) is 0 Å². The Labute approximate surface area is 109 Å². The van der Waals surface area contributed by atoms with Crippen LogP contribution >= 0.6 is 11.9 Å². The fraction of sp³-hybridized carbons (Fsp3) is 0.769. The molecule has 1 fully saturated rings. The zero-order chi connectivity index (χ0) is 12.1. The normalized spacial score (nSPS) is 27.6. The summed E-state index contributed by atoms with van der Waals surface area (Å²) in [6.07, 6.45) is 7.35. The van der Waals surface area contributed by atoms with Gasteiger partial charge in [0.15, 0.2) is 0 Å². The van der Waals surface area contributed by atoms with Crippen molar-refractivity contribution in [3.8, 4) is 0 Å². The van der Waals surface area contributed by atoms with Crippen molar-refractivity contribution in [1.82, 2.24) is 9.21 Å². The van der Waals surface area contributed by atoms with E-state index in [1.807, 2.05) is 18.1 Å². The van der Waals surface area contributed by atoms with Crippen LogP contribution in [0.5, 0.6) is 0 Å². The summed E-state index contributed by atoms with van der Waals surface area (Å²) in [5.74, 6) is 1.84. The van der Waals surface area contributed by atoms with Gasteiger partial charge < -0.3 is 4.90 Å². The monoisotopic (exact) mass is 253 g/mol. The third-order valence-electron chi connectivity index (χ3n) is 3.30. The quantitative estimate of drug-likeness (QED) is 0.719. The number of hydrogen-bond acceptors (Lipinski definition) is 4. The highest BCUT2D eigenvalue weighted by Gasteiger charge is 2.19. The SMILES string of the molecule is CC(C)N1CCN(CC2C=NC=CC2)CCS1. The molecule has 0 saturated carbocycles. The summed E-state index contributed by atoms with van der Waals surface area (Å²) >= 11 is 2.00. The van der Waals surface area contributed by atoms with E-state index in [9.17, 15) is 0 Å². The van der Waals surface area contributed by atoms with Crippen molar-refractivity contribution < 1.29 is 0 Å². The Hall–Kier alpha value is -0.320. The van der Waals surface area contributed by atoms with E-state index in [0.29, 0.717) is 12.0 Å². The number of hydrogen-bond donors (Lipinski definition) is 0. The lowest BCUT2D eigenvalue weighted by Gasteiger charge is -2.25. The molecule has 4 heteroatoms. The van der Waals surface area contributed by atoms with Gasteiger partial charge in [-0.1, -0.05) is 18.0 Å². The summed E-state index contributed by atoms with van der Waals surface area (Å²) in [6.45, 7) is 9.31. The standard InChI is InChI=1S/C13H23N3S/c1-12(2)16-7-6-15(8-9-17-16)11-13-4-3-5-14-10-13/h3,5,10,12-13H,4,6-9,11H2,1-2H3. The minimum atomic E-state index is 0.621. The highest BCUT2D eigenvalue weighted by atomic mass is 32.2. The van der Waals surface area contributed by atoms with Crippen molar-refractivity contribution in [2.45, 2.75) is 26.3 Å². The zero-order valence-corrected chi connectivity index (χ0v) is 11.7. The first-order valence-electron chi connectivity index (χ1n) is 6.56. The molecule has 17 heavy (non-hydrogen) atoms. The summed E-state index contributed by atoms with van der Waals surface area (Å²) in [4.78, 5) is 6.83. The molecule has 2 heterocycles. The van der Waals surface area contributed by atoms with Crippen LogP contribution in [0.3, 0.4) is 0 Å². The molecule has 2 rings (SSSR count). The lowest BCUT2D eigenvalue weighted by Crippen LogP contribution is -2.35. The molecule has 2 aliphatic heterocycles. The second-order valence-electron chi connectivity index (χ2n) is 5.05. The van der Waals surface area contributed by atoms with Gasteiger partial charge in [-0.25, -0.2) is 4.31 Å². The summed E-state index contributed by atoms with van der Waals surface area (Å²) < 4.78 is 2.51. The molecule has 0 amide bonds. The topological polar surface area (TPSA) is 18.8 Å². The van der Waals surface area contributed by atoms with Crippen LogP contribution in [0.25, 0.3) is 0 Å². The maximum Gasteiger partial charge on any atom is 0.0224 e. The van der Waals surface area contributed by atoms with Gasteiger partial charge in [-0.05, 0) is 20.3 Å². The van der Waals surface area contributed by atoms with Crippen molar-refractivity contribution in [2.24, 2.45) is 10.9 Å². The van der Waals surface area contributed by atoms with Gasteiger partial charge in [-0.2, -0.15) is 0 Å². The van der Waals surface area contributed by atoms with E-state index in [-0.39, 0.29) is 0 Å². The van der Waals surface area contributed by atoms with Crippen LogP contribution in [-0.2, 0) is 0 Å². The van der Waals surface area contributed by atoms with Gasteiger partial charge in [0.1, 0.15) is 0 Å². The molecule has 0 radical (unpaired) electrons. The fourth-order valence-electron chi connectivity index (χ4n) is 2.28. The molecule has 1 atom stereocenters.